The van der Waals surface area contributed by atoms with E-state index in [-0.39, 0.29) is 0 Å². The third-order valence-electron chi connectivity index (χ3n) is 4.90. The molecule has 0 aliphatic carbocycles. The highest BCUT2D eigenvalue weighted by Crippen LogP contribution is 2.09. The van der Waals surface area contributed by atoms with Crippen molar-refractivity contribution in [1.82, 2.24) is 24.9 Å². The van der Waals surface area contributed by atoms with Crippen molar-refractivity contribution in [2.45, 2.75) is 26.3 Å². The molecule has 1 aliphatic heterocycles. The Hall–Kier alpha value is -2.34. The third kappa shape index (κ3) is 6.10. The van der Waals surface area contributed by atoms with Crippen LogP contribution in [0, 0.1) is 0 Å². The smallest absolute Gasteiger partial charge is 0.194 e. The lowest BCUT2D eigenvalue weighted by molar-refractivity contribution is 0.172. The summed E-state index contributed by atoms with van der Waals surface area (Å²) in [5.41, 5.74) is 2.68. The van der Waals surface area contributed by atoms with Crippen molar-refractivity contribution in [3.63, 3.8) is 0 Å². The zero-order valence-electron chi connectivity index (χ0n) is 16.6. The summed E-state index contributed by atoms with van der Waals surface area (Å²) in [6.07, 6.45) is 6.11. The van der Waals surface area contributed by atoms with E-state index in [2.05, 4.69) is 63.7 Å². The molecule has 6 nitrogen and oxygen atoms in total. The number of aromatic nitrogens is 2. The lowest BCUT2D eigenvalue weighted by Gasteiger charge is -2.36. The third-order valence-corrected chi connectivity index (χ3v) is 4.90. The highest BCUT2D eigenvalue weighted by molar-refractivity contribution is 5.80. The van der Waals surface area contributed by atoms with Gasteiger partial charge in [0.2, 0.25) is 0 Å². The van der Waals surface area contributed by atoms with E-state index in [1.807, 2.05) is 17.9 Å². The maximum Gasteiger partial charge on any atom is 0.194 e. The fraction of sp³-hybridized carbons (Fsp3) is 0.524. The SMILES string of the molecule is CCNC(=NCCCc1cnn(C)c1)N1CCN(Cc2ccccc2)CC1. The van der Waals surface area contributed by atoms with Crippen molar-refractivity contribution < 1.29 is 0 Å². The van der Waals surface area contributed by atoms with Crippen molar-refractivity contribution in [2.75, 3.05) is 39.3 Å². The molecule has 2 heterocycles. The van der Waals surface area contributed by atoms with Gasteiger partial charge in [0.25, 0.3) is 0 Å². The van der Waals surface area contributed by atoms with Crippen LogP contribution < -0.4 is 5.32 Å². The van der Waals surface area contributed by atoms with E-state index in [0.29, 0.717) is 0 Å². The van der Waals surface area contributed by atoms with E-state index < -0.39 is 0 Å². The average molecular weight is 369 g/mol. The number of hydrogen-bond acceptors (Lipinski definition) is 3. The highest BCUT2D eigenvalue weighted by Gasteiger charge is 2.19. The number of rotatable bonds is 7. The highest BCUT2D eigenvalue weighted by atomic mass is 15.3. The molecule has 0 spiro atoms. The van der Waals surface area contributed by atoms with Gasteiger partial charge in [0.15, 0.2) is 5.96 Å². The first kappa shape index (κ1) is 19.4. The molecule has 0 unspecified atom stereocenters. The van der Waals surface area contributed by atoms with Crippen molar-refractivity contribution in [3.05, 3.63) is 53.9 Å². The topological polar surface area (TPSA) is 48.7 Å². The van der Waals surface area contributed by atoms with Crippen LogP contribution in [0.2, 0.25) is 0 Å². The summed E-state index contributed by atoms with van der Waals surface area (Å²) in [4.78, 5) is 9.78. The first-order valence-electron chi connectivity index (χ1n) is 10.0. The normalized spacial score (nSPS) is 15.9. The Morgan fingerprint density at radius 2 is 1.89 bits per heavy atom. The molecule has 27 heavy (non-hydrogen) atoms. The molecule has 1 saturated heterocycles. The number of hydrogen-bond donors (Lipinski definition) is 1. The van der Waals surface area contributed by atoms with Crippen molar-refractivity contribution >= 4 is 5.96 Å². The van der Waals surface area contributed by atoms with Gasteiger partial charge in [0.05, 0.1) is 6.20 Å². The van der Waals surface area contributed by atoms with Crippen LogP contribution >= 0.6 is 0 Å². The largest absolute Gasteiger partial charge is 0.357 e. The van der Waals surface area contributed by atoms with Crippen molar-refractivity contribution in [3.8, 4) is 0 Å². The number of aryl methyl sites for hydroxylation is 2. The average Bonchev–Trinajstić information content (AvgIpc) is 3.11. The predicted molar refractivity (Wildman–Crippen MR) is 111 cm³/mol. The molecule has 2 aromatic rings. The Morgan fingerprint density at radius 1 is 1.11 bits per heavy atom. The molecular formula is C21H32N6. The van der Waals surface area contributed by atoms with Crippen LogP contribution in [-0.2, 0) is 20.0 Å². The summed E-state index contributed by atoms with van der Waals surface area (Å²) in [6, 6.07) is 10.7. The lowest BCUT2D eigenvalue weighted by Crippen LogP contribution is -2.52. The fourth-order valence-corrected chi connectivity index (χ4v) is 3.45. The van der Waals surface area contributed by atoms with Gasteiger partial charge in [-0.05, 0) is 30.9 Å². The molecule has 0 saturated carbocycles. The van der Waals surface area contributed by atoms with Gasteiger partial charge in [0, 0.05) is 59.1 Å². The molecule has 0 bridgehead atoms. The van der Waals surface area contributed by atoms with Gasteiger partial charge >= 0.3 is 0 Å². The molecule has 1 aromatic carbocycles. The van der Waals surface area contributed by atoms with Crippen LogP contribution in [-0.4, -0.2) is 64.8 Å². The first-order valence-corrected chi connectivity index (χ1v) is 10.0. The van der Waals surface area contributed by atoms with Crippen LogP contribution in [0.4, 0.5) is 0 Å². The first-order chi connectivity index (χ1) is 13.2. The summed E-state index contributed by atoms with van der Waals surface area (Å²) >= 11 is 0. The zero-order valence-corrected chi connectivity index (χ0v) is 16.6. The van der Waals surface area contributed by atoms with Crippen LogP contribution in [0.25, 0.3) is 0 Å². The molecule has 6 heteroatoms. The molecule has 0 amide bonds. The summed E-state index contributed by atoms with van der Waals surface area (Å²) in [6.45, 7) is 9.14. The summed E-state index contributed by atoms with van der Waals surface area (Å²) in [5.74, 6) is 1.06. The minimum Gasteiger partial charge on any atom is -0.357 e. The van der Waals surface area contributed by atoms with Crippen LogP contribution in [0.1, 0.15) is 24.5 Å². The second kappa shape index (κ2) is 10.1. The van der Waals surface area contributed by atoms with Crippen LogP contribution in [0.5, 0.6) is 0 Å². The summed E-state index contributed by atoms with van der Waals surface area (Å²) in [7, 11) is 1.96. The number of nitrogens with zero attached hydrogens (tertiary/aromatic N) is 5. The minimum absolute atomic E-state index is 0.849. The van der Waals surface area contributed by atoms with Crippen LogP contribution in [0.15, 0.2) is 47.7 Å². The van der Waals surface area contributed by atoms with Crippen LogP contribution in [0.3, 0.4) is 0 Å². The second-order valence-electron chi connectivity index (χ2n) is 7.11. The molecule has 3 rings (SSSR count). The molecule has 1 aliphatic rings. The fourth-order valence-electron chi connectivity index (χ4n) is 3.45. The Bertz CT molecular complexity index is 700. The Labute approximate surface area is 162 Å². The zero-order chi connectivity index (χ0) is 18.9. The molecule has 1 aromatic heterocycles. The van der Waals surface area contributed by atoms with E-state index in [1.165, 1.54) is 11.1 Å². The molecule has 146 valence electrons. The van der Waals surface area contributed by atoms with E-state index >= 15 is 0 Å². The Kier molecular flexibility index (Phi) is 7.27. The number of piperazine rings is 1. The van der Waals surface area contributed by atoms with E-state index in [0.717, 1.165) is 64.6 Å². The molecule has 1 fully saturated rings. The number of benzene rings is 1. The number of nitrogens with one attached hydrogen (secondary N) is 1. The Balaban J connectivity index is 1.45. The summed E-state index contributed by atoms with van der Waals surface area (Å²) in [5, 5.41) is 7.69. The van der Waals surface area contributed by atoms with Gasteiger partial charge in [-0.15, -0.1) is 0 Å². The second-order valence-corrected chi connectivity index (χ2v) is 7.11. The molecule has 1 N–H and O–H groups in total. The van der Waals surface area contributed by atoms with Gasteiger partial charge in [-0.1, -0.05) is 30.3 Å². The predicted octanol–water partition coefficient (Wildman–Crippen LogP) is 2.14. The molecular weight excluding hydrogens is 336 g/mol. The molecule has 0 radical (unpaired) electrons. The maximum absolute atomic E-state index is 4.85. The van der Waals surface area contributed by atoms with Gasteiger partial charge in [0.1, 0.15) is 0 Å². The van der Waals surface area contributed by atoms with E-state index in [9.17, 15) is 0 Å². The van der Waals surface area contributed by atoms with Gasteiger partial charge in [-0.2, -0.15) is 5.10 Å². The van der Waals surface area contributed by atoms with Gasteiger partial charge < -0.3 is 10.2 Å². The van der Waals surface area contributed by atoms with E-state index in [4.69, 9.17) is 4.99 Å². The number of guanidine groups is 1. The summed E-state index contributed by atoms with van der Waals surface area (Å²) < 4.78 is 1.86. The monoisotopic (exact) mass is 368 g/mol. The van der Waals surface area contributed by atoms with Gasteiger partial charge in [-0.25, -0.2) is 0 Å². The standard InChI is InChI=1S/C21H32N6/c1-3-22-21(23-11-7-10-20-16-24-25(2)17-20)27-14-12-26(13-15-27)18-19-8-5-4-6-9-19/h4-6,8-9,16-17H,3,7,10-15,18H2,1-2H3,(H,22,23). The minimum atomic E-state index is 0.849. The van der Waals surface area contributed by atoms with Gasteiger partial charge in [-0.3, -0.25) is 14.6 Å². The maximum atomic E-state index is 4.85. The lowest BCUT2D eigenvalue weighted by atomic mass is 10.2. The van der Waals surface area contributed by atoms with E-state index in [1.54, 1.807) is 0 Å². The van der Waals surface area contributed by atoms with Crippen molar-refractivity contribution in [1.29, 1.82) is 0 Å². The molecule has 0 atom stereocenters. The Morgan fingerprint density at radius 3 is 2.56 bits per heavy atom. The quantitative estimate of drug-likeness (QED) is 0.462. The number of aliphatic imine (C=N–C) groups is 1. The van der Waals surface area contributed by atoms with Crippen molar-refractivity contribution in [2.24, 2.45) is 12.0 Å².